The summed E-state index contributed by atoms with van der Waals surface area (Å²) in [7, 11) is 0. The maximum Gasteiger partial charge on any atom is 0.228 e. The summed E-state index contributed by atoms with van der Waals surface area (Å²) < 4.78 is 0.937. The first kappa shape index (κ1) is 18.2. The number of carbonyl (C=O) groups is 3. The van der Waals surface area contributed by atoms with Crippen molar-refractivity contribution < 1.29 is 14.4 Å². The summed E-state index contributed by atoms with van der Waals surface area (Å²) in [5.74, 6) is -1.32. The minimum Gasteiger partial charge on any atom is -0.370 e. The zero-order valence-corrected chi connectivity index (χ0v) is 16.4. The van der Waals surface area contributed by atoms with Crippen LogP contribution in [0.5, 0.6) is 0 Å². The quantitative estimate of drug-likeness (QED) is 0.601. The van der Waals surface area contributed by atoms with Gasteiger partial charge in [0.2, 0.25) is 17.7 Å². The number of hydrogen-bond acceptors (Lipinski definition) is 3. The van der Waals surface area contributed by atoms with Gasteiger partial charge in [0.25, 0.3) is 0 Å². The molecular weight excluding hydrogens is 410 g/mol. The first-order valence-corrected chi connectivity index (χ1v) is 10.0. The molecule has 2 saturated carbocycles. The molecule has 0 aliphatic heterocycles. The van der Waals surface area contributed by atoms with Gasteiger partial charge in [0.15, 0.2) is 0 Å². The number of halogens is 1. The summed E-state index contributed by atoms with van der Waals surface area (Å²) in [6, 6.07) is 7.40. The Morgan fingerprint density at radius 3 is 2.19 bits per heavy atom. The highest BCUT2D eigenvalue weighted by atomic mass is 79.9. The summed E-state index contributed by atoms with van der Waals surface area (Å²) in [6.07, 6.45) is 6.45. The molecule has 3 aliphatic carbocycles. The first-order valence-electron chi connectivity index (χ1n) is 9.23. The Balaban J connectivity index is 1.52. The van der Waals surface area contributed by atoms with Gasteiger partial charge in [-0.05, 0) is 54.4 Å². The molecule has 2 bridgehead atoms. The number of hydrogen-bond donors (Lipinski definition) is 3. The molecule has 0 unspecified atom stereocenters. The number of nitrogens with one attached hydrogen (secondary N) is 2. The summed E-state index contributed by atoms with van der Waals surface area (Å²) in [5.41, 5.74) is 5.94. The van der Waals surface area contributed by atoms with E-state index >= 15 is 0 Å². The van der Waals surface area contributed by atoms with Gasteiger partial charge in [-0.15, -0.1) is 0 Å². The third-order valence-corrected chi connectivity index (χ3v) is 6.76. The van der Waals surface area contributed by atoms with E-state index in [2.05, 4.69) is 38.7 Å². The van der Waals surface area contributed by atoms with Crippen LogP contribution in [0.2, 0.25) is 0 Å². The van der Waals surface area contributed by atoms with E-state index in [4.69, 9.17) is 5.73 Å². The molecule has 6 nitrogen and oxygen atoms in total. The lowest BCUT2D eigenvalue weighted by molar-refractivity contribution is -0.133. The second-order valence-electron chi connectivity index (χ2n) is 7.72. The van der Waals surface area contributed by atoms with E-state index in [1.165, 1.54) is 0 Å². The number of anilines is 1. The maximum atomic E-state index is 13.1. The van der Waals surface area contributed by atoms with E-state index < -0.39 is 11.8 Å². The molecule has 1 aromatic carbocycles. The van der Waals surface area contributed by atoms with Gasteiger partial charge in [-0.2, -0.15) is 0 Å². The highest BCUT2D eigenvalue weighted by Gasteiger charge is 2.69. The van der Waals surface area contributed by atoms with Crippen molar-refractivity contribution in [3.63, 3.8) is 0 Å². The van der Waals surface area contributed by atoms with E-state index in [9.17, 15) is 14.4 Å². The van der Waals surface area contributed by atoms with E-state index in [1.54, 1.807) is 0 Å². The molecule has 3 aliphatic rings. The lowest BCUT2D eigenvalue weighted by Gasteiger charge is -2.26. The SMILES string of the molecule is NC(=O)CCNC(=O)[C@H]1[C@H](C(=O)Nc2ccc(Br)cc2)[C@@H]2C=C[C@H]1C21CC1. The molecule has 0 heterocycles. The number of nitrogens with two attached hydrogens (primary N) is 1. The van der Waals surface area contributed by atoms with E-state index in [-0.39, 0.29) is 47.9 Å². The molecule has 0 radical (unpaired) electrons. The lowest BCUT2D eigenvalue weighted by Crippen LogP contribution is -2.42. The fourth-order valence-electron chi connectivity index (χ4n) is 4.90. The minimum atomic E-state index is -0.452. The van der Waals surface area contributed by atoms with Crippen molar-refractivity contribution in [1.29, 1.82) is 0 Å². The number of allylic oxidation sites excluding steroid dienone is 2. The van der Waals surface area contributed by atoms with Crippen LogP contribution in [-0.4, -0.2) is 24.3 Å². The third kappa shape index (κ3) is 3.18. The first-order chi connectivity index (χ1) is 12.9. The topological polar surface area (TPSA) is 101 Å². The number of benzene rings is 1. The molecule has 0 aromatic heterocycles. The second-order valence-corrected chi connectivity index (χ2v) is 8.64. The zero-order chi connectivity index (χ0) is 19.2. The van der Waals surface area contributed by atoms with Crippen LogP contribution in [0, 0.1) is 29.1 Å². The fraction of sp³-hybridized carbons (Fsp3) is 0.450. The molecule has 4 atom stereocenters. The molecule has 4 rings (SSSR count). The summed E-state index contributed by atoms with van der Waals surface area (Å²) in [4.78, 5) is 36.9. The molecule has 142 valence electrons. The maximum absolute atomic E-state index is 13.1. The van der Waals surface area contributed by atoms with Gasteiger partial charge < -0.3 is 16.4 Å². The van der Waals surface area contributed by atoms with Crippen molar-refractivity contribution >= 4 is 39.3 Å². The van der Waals surface area contributed by atoms with Crippen LogP contribution in [-0.2, 0) is 14.4 Å². The number of rotatable bonds is 6. The lowest BCUT2D eigenvalue weighted by atomic mass is 9.81. The Morgan fingerprint density at radius 2 is 1.63 bits per heavy atom. The summed E-state index contributed by atoms with van der Waals surface area (Å²) >= 11 is 3.38. The third-order valence-electron chi connectivity index (χ3n) is 6.23. The molecule has 2 fully saturated rings. The molecular formula is C20H22BrN3O3. The Kier molecular flexibility index (Phi) is 4.58. The standard InChI is InChI=1S/C20H22BrN3O3/c21-11-1-3-12(4-2-11)24-19(27)17-14-6-5-13(20(14)8-9-20)16(17)18(26)23-10-7-15(22)25/h1-6,13-14,16-17H,7-10H2,(H2,22,25)(H,23,26)(H,24,27)/t13-,14+,16-,17-/m1/s1. The van der Waals surface area contributed by atoms with Crippen LogP contribution in [0.1, 0.15) is 19.3 Å². The van der Waals surface area contributed by atoms with Crippen LogP contribution in [0.15, 0.2) is 40.9 Å². The van der Waals surface area contributed by atoms with Gasteiger partial charge in [0, 0.05) is 23.1 Å². The fourth-order valence-corrected chi connectivity index (χ4v) is 5.16. The Labute approximate surface area is 166 Å². The van der Waals surface area contributed by atoms with Crippen molar-refractivity contribution in [3.05, 3.63) is 40.9 Å². The summed E-state index contributed by atoms with van der Waals surface area (Å²) in [6.45, 7) is 0.208. The molecule has 0 saturated heterocycles. The van der Waals surface area contributed by atoms with Crippen molar-refractivity contribution in [2.45, 2.75) is 19.3 Å². The number of amides is 3. The second kappa shape index (κ2) is 6.78. The van der Waals surface area contributed by atoms with Gasteiger partial charge in [-0.1, -0.05) is 28.1 Å². The highest BCUT2D eigenvalue weighted by molar-refractivity contribution is 9.10. The molecule has 3 amide bonds. The monoisotopic (exact) mass is 431 g/mol. The van der Waals surface area contributed by atoms with Crippen LogP contribution in [0.4, 0.5) is 5.69 Å². The van der Waals surface area contributed by atoms with Crippen LogP contribution < -0.4 is 16.4 Å². The Hall–Kier alpha value is -2.15. The zero-order valence-electron chi connectivity index (χ0n) is 14.8. The number of primary amides is 1. The minimum absolute atomic E-state index is 0.0768. The van der Waals surface area contributed by atoms with Gasteiger partial charge in [0.05, 0.1) is 11.8 Å². The van der Waals surface area contributed by atoms with Gasteiger partial charge in [-0.25, -0.2) is 0 Å². The van der Waals surface area contributed by atoms with Gasteiger partial charge in [-0.3, -0.25) is 14.4 Å². The summed E-state index contributed by atoms with van der Waals surface area (Å²) in [5, 5.41) is 5.78. The molecule has 4 N–H and O–H groups in total. The Morgan fingerprint density at radius 1 is 1.04 bits per heavy atom. The van der Waals surface area contributed by atoms with E-state index in [0.717, 1.165) is 17.3 Å². The van der Waals surface area contributed by atoms with Gasteiger partial charge in [0.1, 0.15) is 0 Å². The predicted octanol–water partition coefficient (Wildman–Crippen LogP) is 2.21. The molecule has 7 heteroatoms. The average molecular weight is 432 g/mol. The van der Waals surface area contributed by atoms with Crippen molar-refractivity contribution in [1.82, 2.24) is 5.32 Å². The van der Waals surface area contributed by atoms with Crippen molar-refractivity contribution in [2.75, 3.05) is 11.9 Å². The average Bonchev–Trinajstić information content (AvgIpc) is 3.29. The van der Waals surface area contributed by atoms with Crippen LogP contribution in [0.3, 0.4) is 0 Å². The smallest absolute Gasteiger partial charge is 0.228 e. The Bertz CT molecular complexity index is 816. The van der Waals surface area contributed by atoms with Crippen LogP contribution in [0.25, 0.3) is 0 Å². The predicted molar refractivity (Wildman–Crippen MR) is 104 cm³/mol. The van der Waals surface area contributed by atoms with Gasteiger partial charge >= 0.3 is 0 Å². The van der Waals surface area contributed by atoms with Crippen molar-refractivity contribution in [3.8, 4) is 0 Å². The van der Waals surface area contributed by atoms with E-state index in [0.29, 0.717) is 5.69 Å². The normalized spacial score (nSPS) is 28.9. The largest absolute Gasteiger partial charge is 0.370 e. The molecule has 27 heavy (non-hydrogen) atoms. The van der Waals surface area contributed by atoms with Crippen LogP contribution >= 0.6 is 15.9 Å². The number of carbonyl (C=O) groups excluding carboxylic acids is 3. The molecule has 1 aromatic rings. The highest BCUT2D eigenvalue weighted by Crippen LogP contribution is 2.72. The van der Waals surface area contributed by atoms with E-state index in [1.807, 2.05) is 24.3 Å². The molecule has 1 spiro atoms. The van der Waals surface area contributed by atoms with Crippen molar-refractivity contribution in [2.24, 2.45) is 34.8 Å².